The van der Waals surface area contributed by atoms with Crippen LogP contribution in [0.15, 0.2) is 30.5 Å². The number of primary amides is 1. The van der Waals surface area contributed by atoms with E-state index in [1.54, 1.807) is 11.1 Å². The molecule has 0 aliphatic carbocycles. The van der Waals surface area contributed by atoms with Gasteiger partial charge in [-0.15, -0.1) is 0 Å². The highest BCUT2D eigenvalue weighted by atomic mass is 35.5. The van der Waals surface area contributed by atoms with E-state index in [-0.39, 0.29) is 6.04 Å². The topological polar surface area (TPSA) is 76.3 Å². The molecule has 6 heteroatoms. The van der Waals surface area contributed by atoms with Crippen LogP contribution >= 0.6 is 11.6 Å². The maximum absolute atomic E-state index is 12.2. The zero-order valence-electron chi connectivity index (χ0n) is 12.8. The molecule has 1 aliphatic heterocycles. The molecule has 1 fully saturated rings. The van der Waals surface area contributed by atoms with Gasteiger partial charge in [0.2, 0.25) is 0 Å². The summed E-state index contributed by atoms with van der Waals surface area (Å²) < 4.78 is 0. The third-order valence-corrected chi connectivity index (χ3v) is 4.56. The Bertz CT molecular complexity index is 778. The van der Waals surface area contributed by atoms with E-state index in [0.717, 1.165) is 29.3 Å². The van der Waals surface area contributed by atoms with Crippen molar-refractivity contribution in [2.24, 2.45) is 11.7 Å². The van der Waals surface area contributed by atoms with Gasteiger partial charge in [-0.2, -0.15) is 0 Å². The van der Waals surface area contributed by atoms with Gasteiger partial charge in [-0.3, -0.25) is 14.6 Å². The standard InChI is InChI=1S/C17H18ClN3O2/c1-10-2-5-15(21(9-10)17(23)16(19)22)12-4-3-11-6-13(18)8-20-14(11)7-12/h3-4,6-8,10,15H,2,5,9H2,1H3,(H2,19,22). The average Bonchev–Trinajstić information content (AvgIpc) is 2.53. The number of rotatable bonds is 1. The van der Waals surface area contributed by atoms with E-state index in [0.29, 0.717) is 17.5 Å². The molecule has 2 unspecified atom stereocenters. The first-order chi connectivity index (χ1) is 11.0. The fourth-order valence-corrected chi connectivity index (χ4v) is 3.35. The van der Waals surface area contributed by atoms with Crippen LogP contribution in [-0.2, 0) is 9.59 Å². The summed E-state index contributed by atoms with van der Waals surface area (Å²) in [5.41, 5.74) is 6.99. The normalized spacial score (nSPS) is 21.4. The lowest BCUT2D eigenvalue weighted by molar-refractivity contribution is -0.147. The Balaban J connectivity index is 1.98. The summed E-state index contributed by atoms with van der Waals surface area (Å²) in [6.45, 7) is 2.61. The molecule has 2 aromatic rings. The number of piperidine rings is 1. The second kappa shape index (κ2) is 6.16. The minimum atomic E-state index is -0.908. The van der Waals surface area contributed by atoms with Crippen molar-refractivity contribution in [2.45, 2.75) is 25.8 Å². The van der Waals surface area contributed by atoms with Gasteiger partial charge >= 0.3 is 11.8 Å². The van der Waals surface area contributed by atoms with Gasteiger partial charge < -0.3 is 10.6 Å². The number of pyridine rings is 1. The van der Waals surface area contributed by atoms with Crippen molar-refractivity contribution >= 4 is 34.3 Å². The molecule has 1 aromatic carbocycles. The van der Waals surface area contributed by atoms with E-state index in [4.69, 9.17) is 17.3 Å². The predicted octanol–water partition coefficient (Wildman–Crippen LogP) is 2.67. The van der Waals surface area contributed by atoms with Gasteiger partial charge in [0.05, 0.1) is 16.6 Å². The molecule has 2 heterocycles. The number of carbonyl (C=O) groups excluding carboxylic acids is 2. The number of nitrogens with two attached hydrogens (primary N) is 1. The number of hydrogen-bond donors (Lipinski definition) is 1. The van der Waals surface area contributed by atoms with Crippen LogP contribution in [0.5, 0.6) is 0 Å². The van der Waals surface area contributed by atoms with Gasteiger partial charge in [0.25, 0.3) is 0 Å². The van der Waals surface area contributed by atoms with Crippen molar-refractivity contribution in [3.05, 3.63) is 41.0 Å². The first-order valence-corrected chi connectivity index (χ1v) is 7.99. The summed E-state index contributed by atoms with van der Waals surface area (Å²) in [5, 5.41) is 1.53. The van der Waals surface area contributed by atoms with Gasteiger partial charge in [0, 0.05) is 18.1 Å². The number of nitrogens with zero attached hydrogens (tertiary/aromatic N) is 2. The minimum absolute atomic E-state index is 0.145. The number of benzene rings is 1. The van der Waals surface area contributed by atoms with Crippen LogP contribution in [0.2, 0.25) is 5.02 Å². The molecule has 5 nitrogen and oxygen atoms in total. The highest BCUT2D eigenvalue weighted by Gasteiger charge is 2.33. The Morgan fingerprint density at radius 2 is 2.09 bits per heavy atom. The number of hydrogen-bond acceptors (Lipinski definition) is 3. The molecule has 23 heavy (non-hydrogen) atoms. The SMILES string of the molecule is CC1CCC(c2ccc3cc(Cl)cnc3c2)N(C(=O)C(N)=O)C1. The summed E-state index contributed by atoms with van der Waals surface area (Å²) in [7, 11) is 0. The molecule has 1 aliphatic rings. The summed E-state index contributed by atoms with van der Waals surface area (Å²) >= 11 is 5.96. The Hall–Kier alpha value is -2.14. The van der Waals surface area contributed by atoms with Gasteiger partial charge in [0.15, 0.2) is 0 Å². The van der Waals surface area contributed by atoms with Gasteiger partial charge in [-0.25, -0.2) is 0 Å². The number of fused-ring (bicyclic) bond motifs is 1. The lowest BCUT2D eigenvalue weighted by atomic mass is 9.89. The summed E-state index contributed by atoms with van der Waals surface area (Å²) in [6.07, 6.45) is 3.40. The largest absolute Gasteiger partial charge is 0.361 e. The van der Waals surface area contributed by atoms with Crippen molar-refractivity contribution in [1.82, 2.24) is 9.88 Å². The van der Waals surface area contributed by atoms with Gasteiger partial charge in [-0.05, 0) is 36.5 Å². The lowest BCUT2D eigenvalue weighted by Crippen LogP contribution is -2.46. The van der Waals surface area contributed by atoms with Gasteiger partial charge in [0.1, 0.15) is 0 Å². The van der Waals surface area contributed by atoms with Crippen molar-refractivity contribution < 1.29 is 9.59 Å². The van der Waals surface area contributed by atoms with Gasteiger partial charge in [-0.1, -0.05) is 30.7 Å². The Kier molecular flexibility index (Phi) is 4.22. The zero-order chi connectivity index (χ0) is 16.6. The number of amides is 2. The number of halogens is 1. The maximum Gasteiger partial charge on any atom is 0.312 e. The molecular weight excluding hydrogens is 314 g/mol. The molecule has 2 N–H and O–H groups in total. The second-order valence-corrected chi connectivity index (χ2v) is 6.56. The maximum atomic E-state index is 12.2. The highest BCUT2D eigenvalue weighted by Crippen LogP contribution is 2.34. The molecule has 2 amide bonds. The fraction of sp³-hybridized carbons (Fsp3) is 0.353. The van der Waals surface area contributed by atoms with Crippen molar-refractivity contribution in [3.63, 3.8) is 0 Å². The Labute approximate surface area is 139 Å². The van der Waals surface area contributed by atoms with E-state index in [1.165, 1.54) is 0 Å². The Morgan fingerprint density at radius 1 is 1.30 bits per heavy atom. The Morgan fingerprint density at radius 3 is 2.83 bits per heavy atom. The van der Waals surface area contributed by atoms with Crippen LogP contribution in [0.1, 0.15) is 31.4 Å². The quantitative estimate of drug-likeness (QED) is 0.816. The van der Waals surface area contributed by atoms with E-state index in [2.05, 4.69) is 11.9 Å². The third-order valence-electron chi connectivity index (χ3n) is 4.35. The third kappa shape index (κ3) is 3.15. The van der Waals surface area contributed by atoms with E-state index < -0.39 is 11.8 Å². The van der Waals surface area contributed by atoms with Crippen LogP contribution in [0.3, 0.4) is 0 Å². The average molecular weight is 332 g/mol. The summed E-state index contributed by atoms with van der Waals surface area (Å²) in [6, 6.07) is 7.56. The molecule has 0 radical (unpaired) electrons. The van der Waals surface area contributed by atoms with E-state index in [9.17, 15) is 9.59 Å². The second-order valence-electron chi connectivity index (χ2n) is 6.13. The zero-order valence-corrected chi connectivity index (χ0v) is 13.6. The smallest absolute Gasteiger partial charge is 0.312 e. The molecule has 1 saturated heterocycles. The molecule has 0 bridgehead atoms. The van der Waals surface area contributed by atoms with Crippen molar-refractivity contribution in [2.75, 3.05) is 6.54 Å². The van der Waals surface area contributed by atoms with Crippen LogP contribution < -0.4 is 5.73 Å². The van der Waals surface area contributed by atoms with Crippen LogP contribution in [-0.4, -0.2) is 28.2 Å². The monoisotopic (exact) mass is 331 g/mol. The van der Waals surface area contributed by atoms with Crippen molar-refractivity contribution in [1.29, 1.82) is 0 Å². The van der Waals surface area contributed by atoms with Crippen LogP contribution in [0, 0.1) is 5.92 Å². The number of carbonyl (C=O) groups is 2. The molecule has 3 rings (SSSR count). The van der Waals surface area contributed by atoms with E-state index in [1.807, 2.05) is 24.3 Å². The molecule has 2 atom stereocenters. The highest BCUT2D eigenvalue weighted by molar-refractivity contribution is 6.34. The summed E-state index contributed by atoms with van der Waals surface area (Å²) in [5.74, 6) is -1.17. The van der Waals surface area contributed by atoms with Crippen LogP contribution in [0.4, 0.5) is 0 Å². The van der Waals surface area contributed by atoms with Crippen LogP contribution in [0.25, 0.3) is 10.9 Å². The molecule has 1 aromatic heterocycles. The van der Waals surface area contributed by atoms with E-state index >= 15 is 0 Å². The molecule has 0 saturated carbocycles. The first kappa shape index (κ1) is 15.7. The lowest BCUT2D eigenvalue weighted by Gasteiger charge is -2.38. The molecule has 0 spiro atoms. The fourth-order valence-electron chi connectivity index (χ4n) is 3.18. The minimum Gasteiger partial charge on any atom is -0.361 e. The number of likely N-dealkylation sites (tertiary alicyclic amines) is 1. The number of aromatic nitrogens is 1. The molecule has 120 valence electrons. The predicted molar refractivity (Wildman–Crippen MR) is 88.8 cm³/mol. The summed E-state index contributed by atoms with van der Waals surface area (Å²) in [4.78, 5) is 29.4. The van der Waals surface area contributed by atoms with Crippen molar-refractivity contribution in [3.8, 4) is 0 Å². The molecular formula is C17H18ClN3O2. The first-order valence-electron chi connectivity index (χ1n) is 7.61.